The maximum atomic E-state index is 12.6. The molecule has 1 N–H and O–H groups in total. The van der Waals surface area contributed by atoms with Crippen LogP contribution >= 0.6 is 11.6 Å². The van der Waals surface area contributed by atoms with Gasteiger partial charge >= 0.3 is 5.97 Å². The van der Waals surface area contributed by atoms with Crippen molar-refractivity contribution < 1.29 is 27.5 Å². The number of benzene rings is 2. The van der Waals surface area contributed by atoms with Gasteiger partial charge in [-0.1, -0.05) is 37.6 Å². The van der Waals surface area contributed by atoms with Crippen molar-refractivity contribution >= 4 is 39.2 Å². The minimum atomic E-state index is -3.66. The molecule has 168 valence electrons. The highest BCUT2D eigenvalue weighted by molar-refractivity contribution is 7.89. The van der Waals surface area contributed by atoms with Crippen LogP contribution in [0.3, 0.4) is 0 Å². The topological polar surface area (TPSA) is 102 Å². The minimum absolute atomic E-state index is 0.0643. The van der Waals surface area contributed by atoms with Gasteiger partial charge < -0.3 is 14.8 Å². The Balaban J connectivity index is 1.90. The SMILES string of the molecule is CCN(CC)S(=O)(=O)c1cccc(NC(=O)COC(=O)COc2cc(C)ccc2Cl)c1. The van der Waals surface area contributed by atoms with E-state index in [1.807, 2.05) is 6.92 Å². The first kappa shape index (κ1) is 24.6. The van der Waals surface area contributed by atoms with Crippen LogP contribution in [0.1, 0.15) is 19.4 Å². The Hall–Kier alpha value is -2.62. The number of nitrogens with zero attached hydrogens (tertiary/aromatic N) is 1. The summed E-state index contributed by atoms with van der Waals surface area (Å²) in [5.74, 6) is -1.01. The molecule has 0 saturated carbocycles. The maximum absolute atomic E-state index is 12.6. The van der Waals surface area contributed by atoms with Crippen LogP contribution in [0.4, 0.5) is 5.69 Å². The Kier molecular flexibility index (Phi) is 8.85. The number of amides is 1. The quantitative estimate of drug-likeness (QED) is 0.537. The number of esters is 1. The molecule has 10 heteroatoms. The number of hydrogen-bond acceptors (Lipinski definition) is 6. The fraction of sp³-hybridized carbons (Fsp3) is 0.333. The molecule has 1 amide bonds. The van der Waals surface area contributed by atoms with Crippen molar-refractivity contribution in [3.05, 3.63) is 53.1 Å². The zero-order chi connectivity index (χ0) is 23.0. The van der Waals surface area contributed by atoms with Gasteiger partial charge in [-0.05, 0) is 42.8 Å². The van der Waals surface area contributed by atoms with E-state index in [0.717, 1.165) is 5.56 Å². The summed E-state index contributed by atoms with van der Waals surface area (Å²) in [6.45, 7) is 5.07. The van der Waals surface area contributed by atoms with Crippen LogP contribution in [0.25, 0.3) is 0 Å². The van der Waals surface area contributed by atoms with E-state index in [0.29, 0.717) is 23.9 Å². The molecule has 0 atom stereocenters. The summed E-state index contributed by atoms with van der Waals surface area (Å²) >= 11 is 5.99. The Bertz CT molecular complexity index is 1040. The number of ether oxygens (including phenoxy) is 2. The number of rotatable bonds is 10. The second-order valence-corrected chi connectivity index (χ2v) is 8.89. The zero-order valence-corrected chi connectivity index (χ0v) is 19.1. The second kappa shape index (κ2) is 11.1. The monoisotopic (exact) mass is 468 g/mol. The molecule has 0 aromatic heterocycles. The lowest BCUT2D eigenvalue weighted by Crippen LogP contribution is -2.30. The summed E-state index contributed by atoms with van der Waals surface area (Å²) in [5.41, 5.74) is 1.19. The van der Waals surface area contributed by atoms with E-state index >= 15 is 0 Å². The first-order chi connectivity index (χ1) is 14.7. The third-order valence-corrected chi connectivity index (χ3v) is 6.62. The molecule has 2 aromatic carbocycles. The molecular formula is C21H25ClN2O6S. The van der Waals surface area contributed by atoms with E-state index in [9.17, 15) is 18.0 Å². The molecule has 0 aliphatic heterocycles. The van der Waals surface area contributed by atoms with Crippen molar-refractivity contribution in [2.24, 2.45) is 0 Å². The number of aryl methyl sites for hydroxylation is 1. The van der Waals surface area contributed by atoms with Crippen molar-refractivity contribution in [3.8, 4) is 5.75 Å². The van der Waals surface area contributed by atoms with E-state index < -0.39 is 35.1 Å². The van der Waals surface area contributed by atoms with Crippen LogP contribution < -0.4 is 10.1 Å². The van der Waals surface area contributed by atoms with Gasteiger partial charge in [-0.3, -0.25) is 4.79 Å². The molecular weight excluding hydrogens is 444 g/mol. The van der Waals surface area contributed by atoms with Crippen molar-refractivity contribution in [1.82, 2.24) is 4.31 Å². The summed E-state index contributed by atoms with van der Waals surface area (Å²) in [4.78, 5) is 24.0. The van der Waals surface area contributed by atoms with Gasteiger partial charge in [-0.25, -0.2) is 13.2 Å². The minimum Gasteiger partial charge on any atom is -0.480 e. The highest BCUT2D eigenvalue weighted by Crippen LogP contribution is 2.25. The molecule has 0 aliphatic carbocycles. The molecule has 0 bridgehead atoms. The van der Waals surface area contributed by atoms with Crippen LogP contribution in [-0.4, -0.2) is 50.9 Å². The van der Waals surface area contributed by atoms with Gasteiger partial charge in [-0.2, -0.15) is 4.31 Å². The Morgan fingerprint density at radius 2 is 1.77 bits per heavy atom. The van der Waals surface area contributed by atoms with E-state index in [4.69, 9.17) is 21.1 Å². The van der Waals surface area contributed by atoms with Crippen LogP contribution in [0.2, 0.25) is 5.02 Å². The van der Waals surface area contributed by atoms with Crippen molar-refractivity contribution in [2.45, 2.75) is 25.7 Å². The summed E-state index contributed by atoms with van der Waals surface area (Å²) in [7, 11) is -3.66. The Labute approximate surface area is 187 Å². The summed E-state index contributed by atoms with van der Waals surface area (Å²) in [6, 6.07) is 11.0. The van der Waals surface area contributed by atoms with Crippen molar-refractivity contribution in [2.75, 3.05) is 31.6 Å². The number of carbonyl (C=O) groups excluding carboxylic acids is 2. The third-order valence-electron chi connectivity index (χ3n) is 4.26. The molecule has 0 saturated heterocycles. The number of hydrogen-bond donors (Lipinski definition) is 1. The zero-order valence-electron chi connectivity index (χ0n) is 17.6. The van der Waals surface area contributed by atoms with Crippen LogP contribution in [-0.2, 0) is 24.3 Å². The first-order valence-corrected chi connectivity index (χ1v) is 11.4. The number of carbonyl (C=O) groups is 2. The molecule has 2 aromatic rings. The van der Waals surface area contributed by atoms with Gasteiger partial charge in [0.1, 0.15) is 5.75 Å². The highest BCUT2D eigenvalue weighted by Gasteiger charge is 2.22. The number of nitrogens with one attached hydrogen (secondary N) is 1. The lowest BCUT2D eigenvalue weighted by atomic mass is 10.2. The lowest BCUT2D eigenvalue weighted by Gasteiger charge is -2.18. The largest absolute Gasteiger partial charge is 0.480 e. The molecule has 0 radical (unpaired) electrons. The fourth-order valence-corrected chi connectivity index (χ4v) is 4.37. The van der Waals surface area contributed by atoms with Crippen molar-refractivity contribution in [1.29, 1.82) is 0 Å². The lowest BCUT2D eigenvalue weighted by molar-refractivity contribution is -0.149. The predicted molar refractivity (Wildman–Crippen MR) is 118 cm³/mol. The van der Waals surface area contributed by atoms with E-state index in [1.54, 1.807) is 38.1 Å². The van der Waals surface area contributed by atoms with Gasteiger partial charge in [0, 0.05) is 18.8 Å². The molecule has 0 heterocycles. The predicted octanol–water partition coefficient (Wildman–Crippen LogP) is 3.24. The van der Waals surface area contributed by atoms with Gasteiger partial charge in [0.05, 0.1) is 9.92 Å². The standard InChI is InChI=1S/C21H25ClN2O6S/c1-4-24(5-2)31(27,28)17-8-6-7-16(12-17)23-20(25)13-30-21(26)14-29-19-11-15(3)9-10-18(19)22/h6-12H,4-5,13-14H2,1-3H3,(H,23,25). The van der Waals surface area contributed by atoms with Gasteiger partial charge in [0.2, 0.25) is 10.0 Å². The number of halogens is 1. The van der Waals surface area contributed by atoms with E-state index in [2.05, 4.69) is 5.32 Å². The molecule has 0 spiro atoms. The molecule has 2 rings (SSSR count). The third kappa shape index (κ3) is 6.95. The second-order valence-electron chi connectivity index (χ2n) is 6.55. The van der Waals surface area contributed by atoms with E-state index in [-0.39, 0.29) is 10.6 Å². The van der Waals surface area contributed by atoms with Crippen LogP contribution in [0.15, 0.2) is 47.4 Å². The average Bonchev–Trinajstić information content (AvgIpc) is 2.73. The van der Waals surface area contributed by atoms with Crippen molar-refractivity contribution in [3.63, 3.8) is 0 Å². The van der Waals surface area contributed by atoms with Crippen LogP contribution in [0.5, 0.6) is 5.75 Å². The average molecular weight is 469 g/mol. The molecule has 8 nitrogen and oxygen atoms in total. The van der Waals surface area contributed by atoms with Gasteiger partial charge in [-0.15, -0.1) is 0 Å². The molecule has 0 aliphatic rings. The smallest absolute Gasteiger partial charge is 0.344 e. The van der Waals surface area contributed by atoms with Gasteiger partial charge in [0.25, 0.3) is 5.91 Å². The Morgan fingerprint density at radius 1 is 1.06 bits per heavy atom. The molecule has 0 unspecified atom stereocenters. The summed E-state index contributed by atoms with van der Waals surface area (Å²) in [5, 5.41) is 2.87. The normalized spacial score (nSPS) is 11.3. The summed E-state index contributed by atoms with van der Waals surface area (Å²) < 4.78 is 36.7. The summed E-state index contributed by atoms with van der Waals surface area (Å²) in [6.07, 6.45) is 0. The number of anilines is 1. The van der Waals surface area contributed by atoms with E-state index in [1.165, 1.54) is 22.5 Å². The van der Waals surface area contributed by atoms with Crippen LogP contribution in [0, 0.1) is 6.92 Å². The highest BCUT2D eigenvalue weighted by atomic mass is 35.5. The molecule has 0 fully saturated rings. The maximum Gasteiger partial charge on any atom is 0.344 e. The number of sulfonamides is 1. The molecule has 31 heavy (non-hydrogen) atoms. The van der Waals surface area contributed by atoms with Gasteiger partial charge in [0.15, 0.2) is 13.2 Å². The first-order valence-electron chi connectivity index (χ1n) is 9.62. The Morgan fingerprint density at radius 3 is 2.45 bits per heavy atom. The fourth-order valence-electron chi connectivity index (χ4n) is 2.69.